The molecule has 0 radical (unpaired) electrons. The Hall–Kier alpha value is -1.01. The van der Waals surface area contributed by atoms with Crippen molar-refractivity contribution in [3.05, 3.63) is 34.9 Å². The summed E-state index contributed by atoms with van der Waals surface area (Å²) < 4.78 is 52.8. The van der Waals surface area contributed by atoms with E-state index in [0.717, 1.165) is 25.0 Å². The van der Waals surface area contributed by atoms with Gasteiger partial charge in [-0.15, -0.1) is 0 Å². The molecule has 0 spiro atoms. The zero-order chi connectivity index (χ0) is 16.8. The van der Waals surface area contributed by atoms with Gasteiger partial charge in [0.1, 0.15) is 11.6 Å². The maximum atomic E-state index is 13.8. The van der Waals surface area contributed by atoms with Crippen LogP contribution in [0.1, 0.15) is 55.4 Å². The van der Waals surface area contributed by atoms with Crippen molar-refractivity contribution in [1.29, 1.82) is 0 Å². The molecule has 1 aromatic rings. The highest BCUT2D eigenvalue weighted by Crippen LogP contribution is 2.42. The van der Waals surface area contributed by atoms with Crippen molar-refractivity contribution in [2.45, 2.75) is 56.3 Å². The average Bonchev–Trinajstić information content (AvgIpc) is 2.86. The van der Waals surface area contributed by atoms with Crippen LogP contribution in [0.4, 0.5) is 8.78 Å². The number of halogens is 2. The Morgan fingerprint density at radius 1 is 1.22 bits per heavy atom. The Kier molecular flexibility index (Phi) is 4.25. The number of hydrogen-bond acceptors (Lipinski definition) is 3. The summed E-state index contributed by atoms with van der Waals surface area (Å²) in [7, 11) is -3.67. The van der Waals surface area contributed by atoms with Crippen LogP contribution in [0.3, 0.4) is 0 Å². The molecule has 2 aliphatic carbocycles. The maximum Gasteiger partial charge on any atom is 0.160 e. The van der Waals surface area contributed by atoms with Gasteiger partial charge in [0.15, 0.2) is 9.84 Å². The fourth-order valence-corrected chi connectivity index (χ4v) is 6.21. The van der Waals surface area contributed by atoms with Gasteiger partial charge in [0.25, 0.3) is 0 Å². The van der Waals surface area contributed by atoms with Crippen LogP contribution in [0.25, 0.3) is 0 Å². The molecule has 0 amide bonds. The monoisotopic (exact) mass is 344 g/mol. The van der Waals surface area contributed by atoms with Crippen molar-refractivity contribution in [3.63, 3.8) is 0 Å². The minimum Gasteiger partial charge on any atom is -0.389 e. The van der Waals surface area contributed by atoms with Crippen LogP contribution in [0.15, 0.2) is 12.1 Å². The second kappa shape index (κ2) is 5.81. The first-order valence-electron chi connectivity index (χ1n) is 8.12. The molecule has 0 heterocycles. The summed E-state index contributed by atoms with van der Waals surface area (Å²) in [6.07, 6.45) is 3.08. The topological polar surface area (TPSA) is 54.4 Å². The van der Waals surface area contributed by atoms with E-state index >= 15 is 0 Å². The van der Waals surface area contributed by atoms with E-state index < -0.39 is 32.3 Å². The van der Waals surface area contributed by atoms with Gasteiger partial charge in [0.05, 0.1) is 16.6 Å². The molecule has 1 aromatic carbocycles. The Labute approximate surface area is 135 Å². The third-order valence-corrected chi connectivity index (χ3v) is 7.60. The lowest BCUT2D eigenvalue weighted by molar-refractivity contribution is 0.0134. The van der Waals surface area contributed by atoms with Crippen molar-refractivity contribution in [2.75, 3.05) is 5.75 Å². The SMILES string of the molecule is CC1CCC(O)(CS(=O)(=O)C2CCc3c(F)cc(F)cc32)CC1. The van der Waals surface area contributed by atoms with E-state index in [1.807, 2.05) is 0 Å². The molecule has 0 saturated heterocycles. The summed E-state index contributed by atoms with van der Waals surface area (Å²) in [5.74, 6) is -1.26. The van der Waals surface area contributed by atoms with Crippen LogP contribution in [-0.2, 0) is 16.3 Å². The summed E-state index contributed by atoms with van der Waals surface area (Å²) in [6, 6.07) is 1.92. The lowest BCUT2D eigenvalue weighted by atomic mass is 9.81. The van der Waals surface area contributed by atoms with Crippen LogP contribution in [-0.4, -0.2) is 24.9 Å². The number of hydrogen-bond donors (Lipinski definition) is 1. The number of sulfone groups is 1. The summed E-state index contributed by atoms with van der Waals surface area (Å²) in [6.45, 7) is 2.09. The molecule has 1 saturated carbocycles. The standard InChI is InChI=1S/C17H22F2O3S/c1-11-4-6-17(20,7-5-11)10-23(21,22)16-3-2-13-14(16)8-12(18)9-15(13)19/h8-9,11,16,20H,2-7,10H2,1H3. The van der Waals surface area contributed by atoms with Crippen molar-refractivity contribution in [2.24, 2.45) is 5.92 Å². The molecule has 128 valence electrons. The Bertz CT molecular complexity index is 707. The summed E-state index contributed by atoms with van der Waals surface area (Å²) in [4.78, 5) is 0. The fourth-order valence-electron chi connectivity index (χ4n) is 3.90. The molecule has 1 atom stereocenters. The van der Waals surface area contributed by atoms with Crippen LogP contribution < -0.4 is 0 Å². The lowest BCUT2D eigenvalue weighted by Gasteiger charge is -2.35. The highest BCUT2D eigenvalue weighted by Gasteiger charge is 2.42. The summed E-state index contributed by atoms with van der Waals surface area (Å²) in [5.41, 5.74) is -0.681. The van der Waals surface area contributed by atoms with Gasteiger partial charge in [0.2, 0.25) is 0 Å². The largest absolute Gasteiger partial charge is 0.389 e. The molecule has 0 aliphatic heterocycles. The average molecular weight is 344 g/mol. The third-order valence-electron chi connectivity index (χ3n) is 5.31. The molecule has 1 N–H and O–H groups in total. The Morgan fingerprint density at radius 2 is 1.87 bits per heavy atom. The number of rotatable bonds is 3. The molecule has 3 nitrogen and oxygen atoms in total. The van der Waals surface area contributed by atoms with Crippen LogP contribution in [0.5, 0.6) is 0 Å². The van der Waals surface area contributed by atoms with Crippen LogP contribution in [0.2, 0.25) is 0 Å². The molecule has 3 rings (SSSR count). The van der Waals surface area contributed by atoms with Gasteiger partial charge in [0, 0.05) is 6.07 Å². The minimum atomic E-state index is -3.67. The molecule has 0 bridgehead atoms. The number of fused-ring (bicyclic) bond motifs is 1. The number of aliphatic hydroxyl groups is 1. The van der Waals surface area contributed by atoms with Crippen molar-refractivity contribution < 1.29 is 22.3 Å². The van der Waals surface area contributed by atoms with Gasteiger partial charge < -0.3 is 5.11 Å². The first-order chi connectivity index (χ1) is 10.7. The molecular formula is C17H22F2O3S. The van der Waals surface area contributed by atoms with Crippen molar-refractivity contribution in [3.8, 4) is 0 Å². The van der Waals surface area contributed by atoms with E-state index in [2.05, 4.69) is 6.92 Å². The summed E-state index contributed by atoms with van der Waals surface area (Å²) in [5, 5.41) is 9.70. The summed E-state index contributed by atoms with van der Waals surface area (Å²) >= 11 is 0. The van der Waals surface area contributed by atoms with Gasteiger partial charge in [-0.1, -0.05) is 6.92 Å². The third kappa shape index (κ3) is 3.29. The highest BCUT2D eigenvalue weighted by atomic mass is 32.2. The van der Waals surface area contributed by atoms with Gasteiger partial charge in [-0.2, -0.15) is 0 Å². The second-order valence-corrected chi connectivity index (χ2v) is 9.38. The van der Waals surface area contributed by atoms with Crippen LogP contribution >= 0.6 is 0 Å². The van der Waals surface area contributed by atoms with Crippen molar-refractivity contribution >= 4 is 9.84 Å². The van der Waals surface area contributed by atoms with Crippen molar-refractivity contribution in [1.82, 2.24) is 0 Å². The Morgan fingerprint density at radius 3 is 2.52 bits per heavy atom. The fraction of sp³-hybridized carbons (Fsp3) is 0.647. The van der Waals surface area contributed by atoms with E-state index in [4.69, 9.17) is 0 Å². The molecule has 0 aromatic heterocycles. The van der Waals surface area contributed by atoms with E-state index in [9.17, 15) is 22.3 Å². The molecular weight excluding hydrogens is 322 g/mol. The normalized spacial score (nSPS) is 31.1. The zero-order valence-corrected chi connectivity index (χ0v) is 14.0. The quantitative estimate of drug-likeness (QED) is 0.915. The second-order valence-electron chi connectivity index (χ2n) is 7.20. The lowest BCUT2D eigenvalue weighted by Crippen LogP contribution is -2.41. The van der Waals surface area contributed by atoms with Gasteiger partial charge in [-0.05, 0) is 61.6 Å². The van der Waals surface area contributed by atoms with Gasteiger partial charge >= 0.3 is 0 Å². The van der Waals surface area contributed by atoms with E-state index in [1.165, 1.54) is 0 Å². The molecule has 2 aliphatic rings. The first kappa shape index (κ1) is 16.8. The smallest absolute Gasteiger partial charge is 0.160 e. The maximum absolute atomic E-state index is 13.8. The first-order valence-corrected chi connectivity index (χ1v) is 9.83. The van der Waals surface area contributed by atoms with Gasteiger partial charge in [-0.25, -0.2) is 17.2 Å². The van der Waals surface area contributed by atoms with Crippen LogP contribution in [0, 0.1) is 17.6 Å². The Balaban J connectivity index is 1.86. The molecule has 1 fully saturated rings. The van der Waals surface area contributed by atoms with Gasteiger partial charge in [-0.3, -0.25) is 0 Å². The number of benzene rings is 1. The predicted molar refractivity (Wildman–Crippen MR) is 83.8 cm³/mol. The van der Waals surface area contributed by atoms with E-state index in [0.29, 0.717) is 30.7 Å². The molecule has 6 heteroatoms. The highest BCUT2D eigenvalue weighted by molar-refractivity contribution is 7.91. The molecule has 1 unspecified atom stereocenters. The van der Waals surface area contributed by atoms with E-state index in [-0.39, 0.29) is 17.7 Å². The predicted octanol–water partition coefficient (Wildman–Crippen LogP) is 3.31. The molecule has 23 heavy (non-hydrogen) atoms. The van der Waals surface area contributed by atoms with E-state index in [1.54, 1.807) is 0 Å². The zero-order valence-electron chi connectivity index (χ0n) is 13.2. The minimum absolute atomic E-state index is 0.232.